The van der Waals surface area contributed by atoms with E-state index in [9.17, 15) is 4.79 Å². The third kappa shape index (κ3) is 3.45. The maximum atomic E-state index is 10.3. The molecule has 0 amide bonds. The van der Waals surface area contributed by atoms with E-state index >= 15 is 0 Å². The molecular weight excluding hydrogens is 146 g/mol. The minimum Gasteiger partial charge on any atom is -0.302 e. The van der Waals surface area contributed by atoms with Gasteiger partial charge in [0.25, 0.3) is 0 Å². The molecule has 0 saturated heterocycles. The van der Waals surface area contributed by atoms with Gasteiger partial charge in [0.1, 0.15) is 6.29 Å². The summed E-state index contributed by atoms with van der Waals surface area (Å²) in [6.07, 6.45) is 3.39. The predicted octanol–water partition coefficient (Wildman–Crippen LogP) is 1.52. The summed E-state index contributed by atoms with van der Waals surface area (Å²) in [7, 11) is 0. The Kier molecular flexibility index (Phi) is 4.94. The summed E-state index contributed by atoms with van der Waals surface area (Å²) in [5.74, 6) is 0. The molecule has 0 rings (SSSR count). The van der Waals surface area contributed by atoms with Crippen molar-refractivity contribution in [3.63, 3.8) is 0 Å². The summed E-state index contributed by atoms with van der Waals surface area (Å²) in [5, 5.41) is -0.0157. The van der Waals surface area contributed by atoms with Gasteiger partial charge in [-0.1, -0.05) is 6.58 Å². The van der Waals surface area contributed by atoms with Crippen molar-refractivity contribution < 1.29 is 4.79 Å². The Morgan fingerprint density at radius 1 is 1.90 bits per heavy atom. The number of carbonyl (C=O) groups excluding carboxylic acids is 1. The first kappa shape index (κ1) is 9.43. The molecule has 0 aromatic heterocycles. The van der Waals surface area contributed by atoms with Crippen LogP contribution in [0.5, 0.6) is 0 Å². The highest BCUT2D eigenvalue weighted by atomic mass is 32.2. The van der Waals surface area contributed by atoms with Gasteiger partial charge >= 0.3 is 0 Å². The third-order valence-electron chi connectivity index (χ3n) is 1.11. The zero-order valence-corrected chi connectivity index (χ0v) is 6.86. The number of nitrogens with zero attached hydrogens (tertiary/aromatic N) is 1. The Bertz CT molecular complexity index is 145. The topological polar surface area (TPSA) is 29.4 Å². The fourth-order valence-corrected chi connectivity index (χ4v) is 0.954. The SMILES string of the molecule is C=NC(=C)CC(C=O)SC. The van der Waals surface area contributed by atoms with Crippen molar-refractivity contribution >= 4 is 24.8 Å². The molecule has 0 saturated carbocycles. The maximum Gasteiger partial charge on any atom is 0.133 e. The number of hydrogen-bond donors (Lipinski definition) is 0. The van der Waals surface area contributed by atoms with Gasteiger partial charge in [0.15, 0.2) is 0 Å². The summed E-state index contributed by atoms with van der Waals surface area (Å²) < 4.78 is 0. The Morgan fingerprint density at radius 2 is 2.50 bits per heavy atom. The molecule has 0 aliphatic carbocycles. The fraction of sp³-hybridized carbons (Fsp3) is 0.429. The van der Waals surface area contributed by atoms with Crippen LogP contribution in [-0.2, 0) is 4.79 Å². The lowest BCUT2D eigenvalue weighted by Gasteiger charge is -2.03. The molecule has 1 unspecified atom stereocenters. The van der Waals surface area contributed by atoms with E-state index in [2.05, 4.69) is 18.3 Å². The number of rotatable bonds is 5. The quantitative estimate of drug-likeness (QED) is 0.447. The molecule has 0 bridgehead atoms. The first-order valence-corrected chi connectivity index (χ1v) is 4.16. The van der Waals surface area contributed by atoms with Gasteiger partial charge in [-0.15, -0.1) is 0 Å². The second-order valence-electron chi connectivity index (χ2n) is 1.84. The minimum atomic E-state index is -0.0157. The van der Waals surface area contributed by atoms with Crippen LogP contribution in [0.4, 0.5) is 0 Å². The third-order valence-corrected chi connectivity index (χ3v) is 2.00. The van der Waals surface area contributed by atoms with Crippen LogP contribution >= 0.6 is 11.8 Å². The number of allylic oxidation sites excluding steroid dienone is 1. The van der Waals surface area contributed by atoms with Crippen molar-refractivity contribution in [2.75, 3.05) is 6.26 Å². The molecule has 0 N–H and O–H groups in total. The molecule has 0 spiro atoms. The van der Waals surface area contributed by atoms with Crippen LogP contribution in [-0.4, -0.2) is 24.5 Å². The van der Waals surface area contributed by atoms with Gasteiger partial charge in [-0.2, -0.15) is 11.8 Å². The average molecular weight is 157 g/mol. The molecule has 0 heterocycles. The first-order chi connectivity index (χ1) is 4.74. The second kappa shape index (κ2) is 5.23. The number of carbonyl (C=O) groups is 1. The molecule has 1 atom stereocenters. The summed E-state index contributed by atoms with van der Waals surface area (Å²) in [6, 6.07) is 0. The highest BCUT2D eigenvalue weighted by molar-refractivity contribution is 7.99. The van der Waals surface area contributed by atoms with E-state index in [1.807, 2.05) is 6.26 Å². The van der Waals surface area contributed by atoms with Crippen LogP contribution in [0.15, 0.2) is 17.3 Å². The molecule has 3 heteroatoms. The van der Waals surface area contributed by atoms with Crippen LogP contribution in [0.3, 0.4) is 0 Å². The minimum absolute atomic E-state index is 0.0157. The zero-order valence-electron chi connectivity index (χ0n) is 6.04. The Labute approximate surface area is 65.4 Å². The van der Waals surface area contributed by atoms with E-state index in [-0.39, 0.29) is 5.25 Å². The second-order valence-corrected chi connectivity index (χ2v) is 2.92. The normalized spacial score (nSPS) is 12.1. The van der Waals surface area contributed by atoms with E-state index in [0.717, 1.165) is 6.29 Å². The molecule has 0 aromatic rings. The number of aldehydes is 1. The van der Waals surface area contributed by atoms with Gasteiger partial charge in [0.2, 0.25) is 0 Å². The smallest absolute Gasteiger partial charge is 0.133 e. The van der Waals surface area contributed by atoms with E-state index < -0.39 is 0 Å². The van der Waals surface area contributed by atoms with Crippen molar-refractivity contribution in [1.29, 1.82) is 0 Å². The molecule has 2 nitrogen and oxygen atoms in total. The molecule has 0 aliphatic rings. The van der Waals surface area contributed by atoms with E-state index in [0.29, 0.717) is 12.1 Å². The summed E-state index contributed by atoms with van der Waals surface area (Å²) >= 11 is 1.50. The monoisotopic (exact) mass is 157 g/mol. The largest absolute Gasteiger partial charge is 0.302 e. The fourth-order valence-electron chi connectivity index (χ4n) is 0.484. The predicted molar refractivity (Wildman–Crippen MR) is 46.7 cm³/mol. The van der Waals surface area contributed by atoms with Gasteiger partial charge in [0, 0.05) is 12.1 Å². The van der Waals surface area contributed by atoms with Crippen molar-refractivity contribution in [2.24, 2.45) is 4.99 Å². The van der Waals surface area contributed by atoms with Crippen LogP contribution in [0.25, 0.3) is 0 Å². The summed E-state index contributed by atoms with van der Waals surface area (Å²) in [4.78, 5) is 13.9. The van der Waals surface area contributed by atoms with Crippen LogP contribution < -0.4 is 0 Å². The molecule has 0 radical (unpaired) electrons. The highest BCUT2D eigenvalue weighted by Gasteiger charge is 2.04. The lowest BCUT2D eigenvalue weighted by molar-refractivity contribution is -0.107. The molecule has 0 fully saturated rings. The van der Waals surface area contributed by atoms with Crippen LogP contribution in [0.1, 0.15) is 6.42 Å². The van der Waals surface area contributed by atoms with Gasteiger partial charge in [-0.05, 0) is 13.0 Å². The number of hydrogen-bond acceptors (Lipinski definition) is 3. The van der Waals surface area contributed by atoms with Crippen molar-refractivity contribution in [3.05, 3.63) is 12.3 Å². The molecule has 10 heavy (non-hydrogen) atoms. The van der Waals surface area contributed by atoms with Crippen molar-refractivity contribution in [2.45, 2.75) is 11.7 Å². The summed E-state index contributed by atoms with van der Waals surface area (Å²) in [6.45, 7) is 6.92. The van der Waals surface area contributed by atoms with E-state index in [1.54, 1.807) is 0 Å². The van der Waals surface area contributed by atoms with Crippen molar-refractivity contribution in [1.82, 2.24) is 0 Å². The molecular formula is C7H11NOS. The Balaban J connectivity index is 3.73. The standard InChI is InChI=1S/C7H11NOS/c1-6(8-2)4-7(5-9)10-3/h5,7H,1-2,4H2,3H3. The lowest BCUT2D eigenvalue weighted by Crippen LogP contribution is -2.03. The highest BCUT2D eigenvalue weighted by Crippen LogP contribution is 2.13. The van der Waals surface area contributed by atoms with Gasteiger partial charge < -0.3 is 4.79 Å². The zero-order chi connectivity index (χ0) is 7.98. The van der Waals surface area contributed by atoms with Crippen LogP contribution in [0, 0.1) is 0 Å². The Hall–Kier alpha value is -0.570. The molecule has 56 valence electrons. The van der Waals surface area contributed by atoms with E-state index in [1.165, 1.54) is 11.8 Å². The van der Waals surface area contributed by atoms with Gasteiger partial charge in [0.05, 0.1) is 5.25 Å². The molecule has 0 aliphatic heterocycles. The number of thioether (sulfide) groups is 1. The van der Waals surface area contributed by atoms with Gasteiger partial charge in [-0.3, -0.25) is 4.99 Å². The average Bonchev–Trinajstić information content (AvgIpc) is 1.99. The Morgan fingerprint density at radius 3 is 2.80 bits per heavy atom. The first-order valence-electron chi connectivity index (χ1n) is 2.87. The lowest BCUT2D eigenvalue weighted by atomic mass is 10.3. The number of aliphatic imine (C=N–C) groups is 1. The summed E-state index contributed by atoms with van der Waals surface area (Å²) in [5.41, 5.74) is 0.673. The molecule has 0 aromatic carbocycles. The van der Waals surface area contributed by atoms with Crippen molar-refractivity contribution in [3.8, 4) is 0 Å². The van der Waals surface area contributed by atoms with Gasteiger partial charge in [-0.25, -0.2) is 0 Å². The van der Waals surface area contributed by atoms with E-state index in [4.69, 9.17) is 0 Å². The van der Waals surface area contributed by atoms with Crippen LogP contribution in [0.2, 0.25) is 0 Å². The maximum absolute atomic E-state index is 10.3.